The minimum atomic E-state index is 0.788. The van der Waals surface area contributed by atoms with E-state index in [-0.39, 0.29) is 0 Å². The van der Waals surface area contributed by atoms with Gasteiger partial charge < -0.3 is 5.32 Å². The van der Waals surface area contributed by atoms with Crippen molar-refractivity contribution in [1.29, 1.82) is 0 Å². The Labute approximate surface area is 95.6 Å². The van der Waals surface area contributed by atoms with Crippen LogP contribution in [0.2, 0.25) is 0 Å². The second-order valence-corrected chi connectivity index (χ2v) is 6.67. The Hall–Kier alpha value is 0.620. The minimum absolute atomic E-state index is 0.788. The maximum atomic E-state index is 3.49. The van der Waals surface area contributed by atoms with Crippen molar-refractivity contribution in [2.24, 2.45) is 0 Å². The molecule has 2 rings (SSSR count). The molecule has 0 aliphatic carbocycles. The van der Waals surface area contributed by atoms with Crippen LogP contribution in [0.1, 0.15) is 6.92 Å². The van der Waals surface area contributed by atoms with E-state index in [0.717, 1.165) is 11.3 Å². The SMILES string of the molecule is CC1CSCCN1CC1CNCCS1. The van der Waals surface area contributed by atoms with E-state index in [9.17, 15) is 0 Å². The van der Waals surface area contributed by atoms with E-state index in [4.69, 9.17) is 0 Å². The van der Waals surface area contributed by atoms with E-state index in [1.165, 1.54) is 43.4 Å². The van der Waals surface area contributed by atoms with Gasteiger partial charge >= 0.3 is 0 Å². The molecular formula is C10H20N2S2. The monoisotopic (exact) mass is 232 g/mol. The van der Waals surface area contributed by atoms with Crippen molar-refractivity contribution in [3.8, 4) is 0 Å². The zero-order valence-corrected chi connectivity index (χ0v) is 10.5. The van der Waals surface area contributed by atoms with Crippen LogP contribution >= 0.6 is 23.5 Å². The van der Waals surface area contributed by atoms with Crippen molar-refractivity contribution in [2.75, 3.05) is 43.4 Å². The zero-order chi connectivity index (χ0) is 9.80. The van der Waals surface area contributed by atoms with Crippen molar-refractivity contribution in [2.45, 2.75) is 18.2 Å². The van der Waals surface area contributed by atoms with Crippen molar-refractivity contribution in [3.63, 3.8) is 0 Å². The summed E-state index contributed by atoms with van der Waals surface area (Å²) in [5.41, 5.74) is 0. The molecule has 2 aliphatic rings. The first-order valence-electron chi connectivity index (χ1n) is 5.50. The van der Waals surface area contributed by atoms with Gasteiger partial charge in [0, 0.05) is 54.7 Å². The summed E-state index contributed by atoms with van der Waals surface area (Å²) in [6.45, 7) is 7.36. The highest BCUT2D eigenvalue weighted by molar-refractivity contribution is 8.00. The molecule has 2 nitrogen and oxygen atoms in total. The maximum absolute atomic E-state index is 3.49. The third-order valence-corrected chi connectivity index (χ3v) is 5.36. The highest BCUT2D eigenvalue weighted by Crippen LogP contribution is 2.20. The van der Waals surface area contributed by atoms with Crippen LogP contribution in [0.4, 0.5) is 0 Å². The molecule has 2 heterocycles. The quantitative estimate of drug-likeness (QED) is 0.767. The van der Waals surface area contributed by atoms with Crippen LogP contribution < -0.4 is 5.32 Å². The molecule has 0 saturated carbocycles. The highest BCUT2D eigenvalue weighted by Gasteiger charge is 2.23. The molecule has 0 aromatic heterocycles. The molecule has 4 heteroatoms. The van der Waals surface area contributed by atoms with Crippen LogP contribution in [-0.2, 0) is 0 Å². The van der Waals surface area contributed by atoms with Crippen LogP contribution in [0.5, 0.6) is 0 Å². The average molecular weight is 232 g/mol. The molecule has 2 atom stereocenters. The summed E-state index contributed by atoms with van der Waals surface area (Å²) in [5, 5.41) is 4.31. The summed E-state index contributed by atoms with van der Waals surface area (Å²) in [4.78, 5) is 2.67. The fourth-order valence-electron chi connectivity index (χ4n) is 2.03. The minimum Gasteiger partial charge on any atom is -0.315 e. The first-order valence-corrected chi connectivity index (χ1v) is 7.71. The first kappa shape index (κ1) is 11.1. The van der Waals surface area contributed by atoms with Gasteiger partial charge in [-0.3, -0.25) is 4.90 Å². The molecule has 0 aromatic rings. The van der Waals surface area contributed by atoms with Gasteiger partial charge in [0.25, 0.3) is 0 Å². The summed E-state index contributed by atoms with van der Waals surface area (Å²) in [7, 11) is 0. The fraction of sp³-hybridized carbons (Fsp3) is 1.00. The molecule has 0 bridgehead atoms. The molecule has 14 heavy (non-hydrogen) atoms. The van der Waals surface area contributed by atoms with Gasteiger partial charge in [0.15, 0.2) is 0 Å². The van der Waals surface area contributed by atoms with E-state index in [1.807, 2.05) is 0 Å². The number of nitrogens with zero attached hydrogens (tertiary/aromatic N) is 1. The second-order valence-electron chi connectivity index (χ2n) is 4.12. The molecule has 2 aliphatic heterocycles. The van der Waals surface area contributed by atoms with Crippen LogP contribution in [0, 0.1) is 0 Å². The van der Waals surface area contributed by atoms with Gasteiger partial charge in [0.2, 0.25) is 0 Å². The Morgan fingerprint density at radius 3 is 3.07 bits per heavy atom. The lowest BCUT2D eigenvalue weighted by atomic mass is 10.2. The summed E-state index contributed by atoms with van der Waals surface area (Å²) in [6.07, 6.45) is 0. The van der Waals surface area contributed by atoms with Crippen molar-refractivity contribution < 1.29 is 0 Å². The fourth-order valence-corrected chi connectivity index (χ4v) is 4.24. The standard InChI is InChI=1S/C10H20N2S2/c1-9-8-13-5-3-12(9)7-10-6-11-2-4-14-10/h9-11H,2-8H2,1H3. The normalized spacial score (nSPS) is 35.8. The summed E-state index contributed by atoms with van der Waals surface area (Å²) < 4.78 is 0. The van der Waals surface area contributed by atoms with Crippen molar-refractivity contribution in [1.82, 2.24) is 10.2 Å². The molecule has 0 amide bonds. The summed E-state index contributed by atoms with van der Waals surface area (Å²) >= 11 is 4.25. The Balaban J connectivity index is 1.76. The predicted octanol–water partition coefficient (Wildman–Crippen LogP) is 1.13. The van der Waals surface area contributed by atoms with Gasteiger partial charge in [-0.25, -0.2) is 0 Å². The lowest BCUT2D eigenvalue weighted by molar-refractivity contribution is 0.232. The Morgan fingerprint density at radius 1 is 1.43 bits per heavy atom. The van der Waals surface area contributed by atoms with Gasteiger partial charge in [-0.15, -0.1) is 0 Å². The van der Waals surface area contributed by atoms with Gasteiger partial charge in [-0.05, 0) is 6.92 Å². The van der Waals surface area contributed by atoms with Gasteiger partial charge in [0.05, 0.1) is 0 Å². The van der Waals surface area contributed by atoms with E-state index >= 15 is 0 Å². The third kappa shape index (κ3) is 3.05. The maximum Gasteiger partial charge on any atom is 0.0300 e. The van der Waals surface area contributed by atoms with E-state index in [0.29, 0.717) is 0 Å². The molecule has 0 aromatic carbocycles. The van der Waals surface area contributed by atoms with E-state index in [2.05, 4.69) is 40.7 Å². The van der Waals surface area contributed by atoms with E-state index < -0.39 is 0 Å². The Bertz CT molecular complexity index is 172. The number of hydrogen-bond donors (Lipinski definition) is 1. The van der Waals surface area contributed by atoms with Crippen molar-refractivity contribution >= 4 is 23.5 Å². The number of rotatable bonds is 2. The first-order chi connectivity index (χ1) is 6.86. The largest absolute Gasteiger partial charge is 0.315 e. The summed E-state index contributed by atoms with van der Waals surface area (Å²) in [6, 6.07) is 0.788. The van der Waals surface area contributed by atoms with Gasteiger partial charge in [-0.2, -0.15) is 23.5 Å². The zero-order valence-electron chi connectivity index (χ0n) is 8.87. The van der Waals surface area contributed by atoms with Crippen LogP contribution in [-0.4, -0.2) is 59.6 Å². The molecule has 0 spiro atoms. The molecule has 82 valence electrons. The molecule has 1 N–H and O–H groups in total. The molecule has 2 unspecified atom stereocenters. The molecular weight excluding hydrogens is 212 g/mol. The van der Waals surface area contributed by atoms with Gasteiger partial charge in [0.1, 0.15) is 0 Å². The lowest BCUT2D eigenvalue weighted by Crippen LogP contribution is -2.47. The Morgan fingerprint density at radius 2 is 2.36 bits per heavy atom. The Kier molecular flexibility index (Phi) is 4.47. The number of thioether (sulfide) groups is 2. The second kappa shape index (κ2) is 5.64. The van der Waals surface area contributed by atoms with Crippen LogP contribution in [0.15, 0.2) is 0 Å². The number of nitrogens with one attached hydrogen (secondary N) is 1. The predicted molar refractivity (Wildman–Crippen MR) is 67.5 cm³/mol. The van der Waals surface area contributed by atoms with Crippen LogP contribution in [0.25, 0.3) is 0 Å². The van der Waals surface area contributed by atoms with E-state index in [1.54, 1.807) is 0 Å². The number of hydrogen-bond acceptors (Lipinski definition) is 4. The third-order valence-electron chi connectivity index (χ3n) is 2.95. The average Bonchev–Trinajstić information content (AvgIpc) is 2.23. The van der Waals surface area contributed by atoms with Crippen LogP contribution in [0.3, 0.4) is 0 Å². The smallest absolute Gasteiger partial charge is 0.0300 e. The molecule has 0 radical (unpaired) electrons. The van der Waals surface area contributed by atoms with Crippen molar-refractivity contribution in [3.05, 3.63) is 0 Å². The summed E-state index contributed by atoms with van der Waals surface area (Å²) in [5.74, 6) is 3.95. The van der Waals surface area contributed by atoms with Gasteiger partial charge in [-0.1, -0.05) is 0 Å². The molecule has 2 saturated heterocycles. The molecule has 2 fully saturated rings. The topological polar surface area (TPSA) is 15.3 Å². The highest BCUT2D eigenvalue weighted by atomic mass is 32.2. The lowest BCUT2D eigenvalue weighted by Gasteiger charge is -2.36.